The first-order valence-electron chi connectivity index (χ1n) is 7.60. The second-order valence-corrected chi connectivity index (χ2v) is 5.26. The highest BCUT2D eigenvalue weighted by molar-refractivity contribution is 5.67. The maximum Gasteiger partial charge on any atom is 0.143 e. The van der Waals surface area contributed by atoms with Gasteiger partial charge in [0.1, 0.15) is 11.9 Å². The fourth-order valence-corrected chi connectivity index (χ4v) is 2.45. The quantitative estimate of drug-likeness (QED) is 0.765. The van der Waals surface area contributed by atoms with Crippen molar-refractivity contribution in [2.24, 2.45) is 0 Å². The molecule has 0 saturated heterocycles. The van der Waals surface area contributed by atoms with E-state index in [1.807, 2.05) is 54.6 Å². The Kier molecular flexibility index (Phi) is 4.66. The fourth-order valence-electron chi connectivity index (χ4n) is 2.45. The molecule has 1 heterocycles. The standard InChI is InChI=1S/C20H17N3/c21-14-18-13-19(17-9-5-2-6-10-17)15-23-20(18)22-12-11-16-7-3-1-4-8-16/h1-10,13,15H,11-12H2,(H,22,23). The van der Waals surface area contributed by atoms with E-state index >= 15 is 0 Å². The third-order valence-electron chi connectivity index (χ3n) is 3.66. The van der Waals surface area contributed by atoms with Crippen LogP contribution >= 0.6 is 0 Å². The average Bonchev–Trinajstić information content (AvgIpc) is 2.63. The van der Waals surface area contributed by atoms with E-state index in [0.29, 0.717) is 11.4 Å². The van der Waals surface area contributed by atoms with E-state index in [-0.39, 0.29) is 0 Å². The van der Waals surface area contributed by atoms with Gasteiger partial charge in [0.15, 0.2) is 0 Å². The van der Waals surface area contributed by atoms with E-state index in [1.54, 1.807) is 6.20 Å². The van der Waals surface area contributed by atoms with Crippen LogP contribution in [0.5, 0.6) is 0 Å². The number of benzene rings is 2. The molecule has 3 heteroatoms. The van der Waals surface area contributed by atoms with Crippen LogP contribution in [-0.2, 0) is 6.42 Å². The first-order valence-corrected chi connectivity index (χ1v) is 7.60. The monoisotopic (exact) mass is 299 g/mol. The summed E-state index contributed by atoms with van der Waals surface area (Å²) >= 11 is 0. The van der Waals surface area contributed by atoms with Crippen molar-refractivity contribution in [2.45, 2.75) is 6.42 Å². The van der Waals surface area contributed by atoms with Gasteiger partial charge < -0.3 is 5.32 Å². The van der Waals surface area contributed by atoms with Crippen LogP contribution in [0, 0.1) is 11.3 Å². The lowest BCUT2D eigenvalue weighted by Crippen LogP contribution is -2.08. The highest BCUT2D eigenvalue weighted by Gasteiger charge is 2.06. The zero-order valence-electron chi connectivity index (χ0n) is 12.7. The van der Waals surface area contributed by atoms with E-state index < -0.39 is 0 Å². The van der Waals surface area contributed by atoms with Crippen molar-refractivity contribution in [1.82, 2.24) is 4.98 Å². The third kappa shape index (κ3) is 3.75. The van der Waals surface area contributed by atoms with Gasteiger partial charge in [-0.15, -0.1) is 0 Å². The van der Waals surface area contributed by atoms with Crippen molar-refractivity contribution in [3.63, 3.8) is 0 Å². The average molecular weight is 299 g/mol. The fraction of sp³-hybridized carbons (Fsp3) is 0.100. The molecule has 0 aliphatic carbocycles. The van der Waals surface area contributed by atoms with E-state index in [1.165, 1.54) is 5.56 Å². The molecule has 0 bridgehead atoms. The van der Waals surface area contributed by atoms with E-state index in [2.05, 4.69) is 28.5 Å². The Bertz CT molecular complexity index is 805. The van der Waals surface area contributed by atoms with Crippen molar-refractivity contribution in [1.29, 1.82) is 5.26 Å². The molecule has 2 aromatic carbocycles. The van der Waals surface area contributed by atoms with Gasteiger partial charge in [-0.05, 0) is 23.6 Å². The Balaban J connectivity index is 1.72. The number of nitrogens with one attached hydrogen (secondary N) is 1. The summed E-state index contributed by atoms with van der Waals surface area (Å²) in [6.07, 6.45) is 2.70. The number of rotatable bonds is 5. The lowest BCUT2D eigenvalue weighted by atomic mass is 10.1. The van der Waals surface area contributed by atoms with Crippen molar-refractivity contribution < 1.29 is 0 Å². The summed E-state index contributed by atoms with van der Waals surface area (Å²) in [5.41, 5.74) is 3.85. The highest BCUT2D eigenvalue weighted by atomic mass is 15.0. The molecule has 3 aromatic rings. The van der Waals surface area contributed by atoms with Crippen LogP contribution in [0.4, 0.5) is 5.82 Å². The van der Waals surface area contributed by atoms with Gasteiger partial charge in [-0.1, -0.05) is 60.7 Å². The number of aromatic nitrogens is 1. The molecule has 0 fully saturated rings. The minimum absolute atomic E-state index is 0.569. The molecule has 0 amide bonds. The second-order valence-electron chi connectivity index (χ2n) is 5.26. The summed E-state index contributed by atoms with van der Waals surface area (Å²) in [5.74, 6) is 0.642. The summed E-state index contributed by atoms with van der Waals surface area (Å²) in [5, 5.41) is 12.6. The van der Waals surface area contributed by atoms with Crippen LogP contribution in [0.2, 0.25) is 0 Å². The van der Waals surface area contributed by atoms with E-state index in [4.69, 9.17) is 0 Å². The molecular weight excluding hydrogens is 282 g/mol. The first-order chi connectivity index (χ1) is 11.4. The molecule has 0 aliphatic heterocycles. The maximum atomic E-state index is 9.38. The van der Waals surface area contributed by atoms with Crippen LogP contribution in [0.15, 0.2) is 72.9 Å². The molecule has 0 saturated carbocycles. The molecule has 23 heavy (non-hydrogen) atoms. The van der Waals surface area contributed by atoms with Gasteiger partial charge in [-0.2, -0.15) is 5.26 Å². The van der Waals surface area contributed by atoms with Crippen molar-refractivity contribution in [3.8, 4) is 17.2 Å². The highest BCUT2D eigenvalue weighted by Crippen LogP contribution is 2.22. The third-order valence-corrected chi connectivity index (χ3v) is 3.66. The molecule has 0 spiro atoms. The largest absolute Gasteiger partial charge is 0.369 e. The van der Waals surface area contributed by atoms with E-state index in [0.717, 1.165) is 24.1 Å². The second kappa shape index (κ2) is 7.24. The molecule has 0 atom stereocenters. The molecule has 0 aliphatic rings. The van der Waals surface area contributed by atoms with Crippen LogP contribution < -0.4 is 5.32 Å². The summed E-state index contributed by atoms with van der Waals surface area (Å²) in [6, 6.07) is 24.3. The lowest BCUT2D eigenvalue weighted by Gasteiger charge is -2.09. The van der Waals surface area contributed by atoms with Gasteiger partial charge in [0.2, 0.25) is 0 Å². The number of hydrogen-bond acceptors (Lipinski definition) is 3. The molecule has 3 rings (SSSR count). The Labute approximate surface area is 136 Å². The summed E-state index contributed by atoms with van der Waals surface area (Å²) in [6.45, 7) is 0.746. The van der Waals surface area contributed by atoms with Crippen molar-refractivity contribution in [3.05, 3.63) is 84.1 Å². The smallest absolute Gasteiger partial charge is 0.143 e. The van der Waals surface area contributed by atoms with Crippen molar-refractivity contribution in [2.75, 3.05) is 11.9 Å². The summed E-state index contributed by atoms with van der Waals surface area (Å²) in [7, 11) is 0. The Morgan fingerprint density at radius 3 is 2.30 bits per heavy atom. The SMILES string of the molecule is N#Cc1cc(-c2ccccc2)cnc1NCCc1ccccc1. The molecular formula is C20H17N3. The minimum atomic E-state index is 0.569. The molecule has 3 nitrogen and oxygen atoms in total. The number of nitrogens with zero attached hydrogens (tertiary/aromatic N) is 2. The van der Waals surface area contributed by atoms with Gasteiger partial charge >= 0.3 is 0 Å². The minimum Gasteiger partial charge on any atom is -0.369 e. The van der Waals surface area contributed by atoms with Gasteiger partial charge in [-0.3, -0.25) is 0 Å². The maximum absolute atomic E-state index is 9.38. The molecule has 1 N–H and O–H groups in total. The number of pyridine rings is 1. The zero-order chi connectivity index (χ0) is 15.9. The Morgan fingerprint density at radius 2 is 1.61 bits per heavy atom. The van der Waals surface area contributed by atoms with Gasteiger partial charge in [-0.25, -0.2) is 4.98 Å². The Hall–Kier alpha value is -3.12. The summed E-state index contributed by atoms with van der Waals surface area (Å²) in [4.78, 5) is 4.42. The molecule has 0 radical (unpaired) electrons. The van der Waals surface area contributed by atoms with Crippen molar-refractivity contribution >= 4 is 5.82 Å². The zero-order valence-corrected chi connectivity index (χ0v) is 12.7. The normalized spacial score (nSPS) is 10.0. The molecule has 1 aromatic heterocycles. The predicted molar refractivity (Wildman–Crippen MR) is 93.0 cm³/mol. The summed E-state index contributed by atoms with van der Waals surface area (Å²) < 4.78 is 0. The van der Waals surface area contributed by atoms with Gasteiger partial charge in [0, 0.05) is 18.3 Å². The molecule has 112 valence electrons. The number of nitriles is 1. The number of anilines is 1. The molecule has 0 unspecified atom stereocenters. The predicted octanol–water partition coefficient (Wildman–Crippen LogP) is 4.27. The van der Waals surface area contributed by atoms with Crippen LogP contribution in [-0.4, -0.2) is 11.5 Å². The van der Waals surface area contributed by atoms with Gasteiger partial charge in [0.25, 0.3) is 0 Å². The topological polar surface area (TPSA) is 48.7 Å². The number of hydrogen-bond donors (Lipinski definition) is 1. The first kappa shape index (κ1) is 14.8. The van der Waals surface area contributed by atoms with Crippen LogP contribution in [0.25, 0.3) is 11.1 Å². The van der Waals surface area contributed by atoms with Crippen LogP contribution in [0.3, 0.4) is 0 Å². The van der Waals surface area contributed by atoms with E-state index in [9.17, 15) is 5.26 Å². The lowest BCUT2D eigenvalue weighted by molar-refractivity contribution is 1.00. The van der Waals surface area contributed by atoms with Gasteiger partial charge in [0.05, 0.1) is 5.56 Å². The van der Waals surface area contributed by atoms with Crippen LogP contribution in [0.1, 0.15) is 11.1 Å². The Morgan fingerprint density at radius 1 is 0.913 bits per heavy atom.